The van der Waals surface area contributed by atoms with E-state index >= 15 is 0 Å². The van der Waals surface area contributed by atoms with Crippen molar-refractivity contribution in [3.63, 3.8) is 0 Å². The van der Waals surface area contributed by atoms with E-state index in [1.807, 2.05) is 29.1 Å². The molecule has 1 saturated heterocycles. The highest BCUT2D eigenvalue weighted by Gasteiger charge is 2.20. The molecular formula is C16H21ClN4O2. The van der Waals surface area contributed by atoms with Crippen LogP contribution in [0.4, 0.5) is 0 Å². The van der Waals surface area contributed by atoms with Crippen molar-refractivity contribution in [3.8, 4) is 0 Å². The molecule has 7 heteroatoms. The lowest BCUT2D eigenvalue weighted by molar-refractivity contribution is -0.126. The van der Waals surface area contributed by atoms with Gasteiger partial charge in [-0.05, 0) is 17.2 Å². The van der Waals surface area contributed by atoms with Crippen LogP contribution in [-0.4, -0.2) is 41.5 Å². The fourth-order valence-corrected chi connectivity index (χ4v) is 2.47. The average Bonchev–Trinajstić information content (AvgIpc) is 3.07. The lowest BCUT2D eigenvalue weighted by Crippen LogP contribution is -2.51. The average molecular weight is 337 g/mol. The normalized spacial score (nSPS) is 17.3. The Morgan fingerprint density at radius 2 is 2.26 bits per heavy atom. The number of carbonyl (C=O) groups excluding carboxylic acids is 1. The van der Waals surface area contributed by atoms with Gasteiger partial charge < -0.3 is 15.4 Å². The molecule has 23 heavy (non-hydrogen) atoms. The van der Waals surface area contributed by atoms with E-state index in [-0.39, 0.29) is 24.4 Å². The summed E-state index contributed by atoms with van der Waals surface area (Å²) in [5.74, 6) is -0.0165. The second kappa shape index (κ2) is 8.67. The van der Waals surface area contributed by atoms with Crippen LogP contribution < -0.4 is 10.6 Å². The predicted molar refractivity (Wildman–Crippen MR) is 89.5 cm³/mol. The first-order valence-corrected chi connectivity index (χ1v) is 7.45. The van der Waals surface area contributed by atoms with E-state index in [9.17, 15) is 4.79 Å². The number of aromatic nitrogens is 2. The van der Waals surface area contributed by atoms with Gasteiger partial charge in [0.1, 0.15) is 6.04 Å². The highest BCUT2D eigenvalue weighted by Crippen LogP contribution is 2.07. The van der Waals surface area contributed by atoms with Gasteiger partial charge in [0.05, 0.1) is 19.8 Å². The lowest BCUT2D eigenvalue weighted by atomic mass is 10.1. The van der Waals surface area contributed by atoms with Gasteiger partial charge in [-0.1, -0.05) is 24.3 Å². The molecule has 0 bridgehead atoms. The van der Waals surface area contributed by atoms with Gasteiger partial charge in [0.15, 0.2) is 0 Å². The zero-order valence-electron chi connectivity index (χ0n) is 12.8. The maximum Gasteiger partial charge on any atom is 0.239 e. The van der Waals surface area contributed by atoms with E-state index in [0.29, 0.717) is 19.8 Å². The van der Waals surface area contributed by atoms with Gasteiger partial charge in [0.2, 0.25) is 5.91 Å². The van der Waals surface area contributed by atoms with Gasteiger partial charge in [-0.15, -0.1) is 12.4 Å². The van der Waals surface area contributed by atoms with E-state index in [1.54, 1.807) is 6.20 Å². The second-order valence-electron chi connectivity index (χ2n) is 5.32. The number of nitrogens with zero attached hydrogens (tertiary/aromatic N) is 2. The SMILES string of the molecule is Cl.O=C(NCc1cccc(Cn2cccn2)c1)C1COCCN1. The van der Waals surface area contributed by atoms with Crippen LogP contribution in [-0.2, 0) is 22.6 Å². The first kappa shape index (κ1) is 17.5. The number of hydrogen-bond donors (Lipinski definition) is 2. The van der Waals surface area contributed by atoms with Gasteiger partial charge in [0.25, 0.3) is 0 Å². The fraction of sp³-hybridized carbons (Fsp3) is 0.375. The number of hydrogen-bond acceptors (Lipinski definition) is 4. The van der Waals surface area contributed by atoms with E-state index in [0.717, 1.165) is 24.2 Å². The molecule has 0 radical (unpaired) electrons. The topological polar surface area (TPSA) is 68.2 Å². The lowest BCUT2D eigenvalue weighted by Gasteiger charge is -2.22. The Bertz CT molecular complexity index is 612. The summed E-state index contributed by atoms with van der Waals surface area (Å²) in [7, 11) is 0. The molecule has 6 nitrogen and oxygen atoms in total. The number of amides is 1. The van der Waals surface area contributed by atoms with Crippen LogP contribution >= 0.6 is 12.4 Å². The van der Waals surface area contributed by atoms with E-state index in [1.165, 1.54) is 0 Å². The third-order valence-corrected chi connectivity index (χ3v) is 3.60. The van der Waals surface area contributed by atoms with Crippen molar-refractivity contribution >= 4 is 18.3 Å². The Morgan fingerprint density at radius 1 is 1.39 bits per heavy atom. The molecule has 1 fully saturated rings. The Morgan fingerprint density at radius 3 is 3.00 bits per heavy atom. The van der Waals surface area contributed by atoms with Crippen LogP contribution in [0.1, 0.15) is 11.1 Å². The summed E-state index contributed by atoms with van der Waals surface area (Å²) in [6, 6.07) is 9.82. The van der Waals surface area contributed by atoms with Crippen LogP contribution in [0.15, 0.2) is 42.7 Å². The fourth-order valence-electron chi connectivity index (χ4n) is 2.47. The van der Waals surface area contributed by atoms with Crippen molar-refractivity contribution in [2.45, 2.75) is 19.1 Å². The summed E-state index contributed by atoms with van der Waals surface area (Å²) in [5.41, 5.74) is 2.24. The maximum absolute atomic E-state index is 12.0. The molecule has 0 saturated carbocycles. The predicted octanol–water partition coefficient (Wildman–Crippen LogP) is 0.958. The first-order chi connectivity index (χ1) is 10.8. The van der Waals surface area contributed by atoms with Gasteiger partial charge in [-0.3, -0.25) is 9.48 Å². The van der Waals surface area contributed by atoms with Crippen molar-refractivity contribution in [2.24, 2.45) is 0 Å². The molecule has 1 aromatic carbocycles. The third-order valence-electron chi connectivity index (χ3n) is 3.60. The Kier molecular flexibility index (Phi) is 6.58. The smallest absolute Gasteiger partial charge is 0.239 e. The van der Waals surface area contributed by atoms with Crippen LogP contribution in [0.2, 0.25) is 0 Å². The molecule has 0 aliphatic carbocycles. The molecule has 1 unspecified atom stereocenters. The van der Waals surface area contributed by atoms with E-state index in [4.69, 9.17) is 4.74 Å². The number of carbonyl (C=O) groups is 1. The van der Waals surface area contributed by atoms with Crippen molar-refractivity contribution in [3.05, 3.63) is 53.9 Å². The van der Waals surface area contributed by atoms with Crippen LogP contribution in [0.3, 0.4) is 0 Å². The number of halogens is 1. The molecule has 1 aromatic heterocycles. The molecule has 1 atom stereocenters. The van der Waals surface area contributed by atoms with Gasteiger partial charge in [-0.2, -0.15) is 5.10 Å². The van der Waals surface area contributed by atoms with Crippen molar-refractivity contribution < 1.29 is 9.53 Å². The number of rotatable bonds is 5. The minimum atomic E-state index is -0.249. The molecule has 1 aliphatic heterocycles. The van der Waals surface area contributed by atoms with E-state index < -0.39 is 0 Å². The molecular weight excluding hydrogens is 316 g/mol. The Balaban J connectivity index is 0.00000192. The molecule has 2 heterocycles. The first-order valence-electron chi connectivity index (χ1n) is 7.45. The zero-order valence-corrected chi connectivity index (χ0v) is 13.6. The molecule has 124 valence electrons. The molecule has 1 aliphatic rings. The van der Waals surface area contributed by atoms with Crippen LogP contribution in [0.5, 0.6) is 0 Å². The highest BCUT2D eigenvalue weighted by atomic mass is 35.5. The minimum Gasteiger partial charge on any atom is -0.378 e. The van der Waals surface area contributed by atoms with Gasteiger partial charge in [0, 0.05) is 25.5 Å². The monoisotopic (exact) mass is 336 g/mol. The summed E-state index contributed by atoms with van der Waals surface area (Å²) in [6.45, 7) is 3.07. The highest BCUT2D eigenvalue weighted by molar-refractivity contribution is 5.85. The standard InChI is InChI=1S/C16H20N4O2.ClH/c21-16(15-12-22-8-6-17-15)18-10-13-3-1-4-14(9-13)11-20-7-2-5-19-20;/h1-5,7,9,15,17H,6,8,10-12H2,(H,18,21);1H. The Hall–Kier alpha value is -1.89. The van der Waals surface area contributed by atoms with Crippen molar-refractivity contribution in [1.82, 2.24) is 20.4 Å². The zero-order chi connectivity index (χ0) is 15.2. The minimum absolute atomic E-state index is 0. The molecule has 3 rings (SSSR count). The van der Waals surface area contributed by atoms with E-state index in [2.05, 4.69) is 27.9 Å². The van der Waals surface area contributed by atoms with Crippen molar-refractivity contribution in [1.29, 1.82) is 0 Å². The van der Waals surface area contributed by atoms with Gasteiger partial charge >= 0.3 is 0 Å². The van der Waals surface area contributed by atoms with Crippen LogP contribution in [0, 0.1) is 0 Å². The quantitative estimate of drug-likeness (QED) is 0.853. The molecule has 2 N–H and O–H groups in total. The Labute approximate surface area is 141 Å². The second-order valence-corrected chi connectivity index (χ2v) is 5.32. The van der Waals surface area contributed by atoms with Gasteiger partial charge in [-0.25, -0.2) is 0 Å². The molecule has 2 aromatic rings. The molecule has 0 spiro atoms. The number of nitrogens with one attached hydrogen (secondary N) is 2. The summed E-state index contributed by atoms with van der Waals surface area (Å²) in [4.78, 5) is 12.0. The number of ether oxygens (including phenoxy) is 1. The third kappa shape index (κ3) is 5.06. The largest absolute Gasteiger partial charge is 0.378 e. The number of benzene rings is 1. The summed E-state index contributed by atoms with van der Waals surface area (Å²) in [6.07, 6.45) is 3.70. The van der Waals surface area contributed by atoms with Crippen molar-refractivity contribution in [2.75, 3.05) is 19.8 Å². The summed E-state index contributed by atoms with van der Waals surface area (Å²) in [5, 5.41) is 10.3. The molecule has 1 amide bonds. The summed E-state index contributed by atoms with van der Waals surface area (Å²) >= 11 is 0. The maximum atomic E-state index is 12.0. The van der Waals surface area contributed by atoms with Crippen LogP contribution in [0.25, 0.3) is 0 Å². The number of morpholine rings is 1. The summed E-state index contributed by atoms with van der Waals surface area (Å²) < 4.78 is 7.18.